The molecule has 1 aliphatic heterocycles. The summed E-state index contributed by atoms with van der Waals surface area (Å²) in [6.45, 7) is 0. The van der Waals surface area contributed by atoms with Crippen LogP contribution in [0.2, 0.25) is 5.02 Å². The Morgan fingerprint density at radius 3 is 2.92 bits per heavy atom. The first kappa shape index (κ1) is 15.2. The fourth-order valence-electron chi connectivity index (χ4n) is 3.60. The number of hydrogen-bond acceptors (Lipinski definition) is 3. The van der Waals surface area contributed by atoms with Crippen molar-refractivity contribution in [3.8, 4) is 17.0 Å². The van der Waals surface area contributed by atoms with Gasteiger partial charge in [-0.2, -0.15) is 5.10 Å². The van der Waals surface area contributed by atoms with E-state index in [1.54, 1.807) is 19.2 Å². The molecule has 0 saturated heterocycles. The normalized spacial score (nSPS) is 15.6. The van der Waals surface area contributed by atoms with Crippen LogP contribution in [-0.2, 0) is 11.2 Å². The SMILES string of the molecule is COc1ccc2c(c1)-c1n[nH]c(/C=C3\C(=O)Nc4ccc(Cl)cc43)c1C2. The lowest BCUT2D eigenvalue weighted by Crippen LogP contribution is -2.03. The molecule has 0 saturated carbocycles. The van der Waals surface area contributed by atoms with Crippen LogP contribution in [-0.4, -0.2) is 23.2 Å². The lowest BCUT2D eigenvalue weighted by molar-refractivity contribution is -0.110. The molecule has 1 amide bonds. The third-order valence-electron chi connectivity index (χ3n) is 4.89. The molecule has 0 spiro atoms. The molecular weight excluding hydrogens is 350 g/mol. The molecule has 0 atom stereocenters. The number of nitrogens with one attached hydrogen (secondary N) is 2. The maximum Gasteiger partial charge on any atom is 0.256 e. The lowest BCUT2D eigenvalue weighted by atomic mass is 10.0. The van der Waals surface area contributed by atoms with E-state index in [1.807, 2.05) is 24.3 Å². The average Bonchev–Trinajstić information content (AvgIpc) is 3.28. The zero-order valence-electron chi connectivity index (χ0n) is 13.9. The van der Waals surface area contributed by atoms with Crippen molar-refractivity contribution in [2.75, 3.05) is 12.4 Å². The van der Waals surface area contributed by atoms with Crippen molar-refractivity contribution in [3.63, 3.8) is 0 Å². The number of aromatic nitrogens is 2. The topological polar surface area (TPSA) is 67.0 Å². The number of amides is 1. The van der Waals surface area contributed by atoms with Crippen LogP contribution < -0.4 is 10.1 Å². The maximum atomic E-state index is 12.4. The first-order chi connectivity index (χ1) is 12.6. The first-order valence-corrected chi connectivity index (χ1v) is 8.59. The molecule has 3 aromatic rings. The molecule has 0 fully saturated rings. The summed E-state index contributed by atoms with van der Waals surface area (Å²) < 4.78 is 5.32. The monoisotopic (exact) mass is 363 g/mol. The second-order valence-electron chi connectivity index (χ2n) is 6.37. The number of anilines is 1. The highest BCUT2D eigenvalue weighted by molar-refractivity contribution is 6.36. The minimum Gasteiger partial charge on any atom is -0.497 e. The molecule has 0 bridgehead atoms. The first-order valence-electron chi connectivity index (χ1n) is 8.21. The van der Waals surface area contributed by atoms with Crippen LogP contribution in [0.3, 0.4) is 0 Å². The highest BCUT2D eigenvalue weighted by Crippen LogP contribution is 2.41. The zero-order valence-corrected chi connectivity index (χ0v) is 14.6. The van der Waals surface area contributed by atoms with E-state index in [0.29, 0.717) is 10.6 Å². The van der Waals surface area contributed by atoms with E-state index in [4.69, 9.17) is 16.3 Å². The maximum absolute atomic E-state index is 12.4. The van der Waals surface area contributed by atoms with Crippen molar-refractivity contribution in [2.45, 2.75) is 6.42 Å². The van der Waals surface area contributed by atoms with E-state index in [2.05, 4.69) is 21.6 Å². The lowest BCUT2D eigenvalue weighted by Gasteiger charge is -2.03. The molecule has 5 rings (SSSR count). The van der Waals surface area contributed by atoms with E-state index >= 15 is 0 Å². The predicted octanol–water partition coefficient (Wildman–Crippen LogP) is 4.14. The van der Waals surface area contributed by atoms with Gasteiger partial charge in [0.25, 0.3) is 5.91 Å². The van der Waals surface area contributed by atoms with Crippen LogP contribution in [0.1, 0.15) is 22.4 Å². The van der Waals surface area contributed by atoms with Crippen molar-refractivity contribution in [1.29, 1.82) is 0 Å². The fraction of sp³-hybridized carbons (Fsp3) is 0.100. The number of nitrogens with zero attached hydrogens (tertiary/aromatic N) is 1. The zero-order chi connectivity index (χ0) is 17.8. The van der Waals surface area contributed by atoms with Gasteiger partial charge in [0.2, 0.25) is 0 Å². The Kier molecular flexibility index (Phi) is 3.21. The second kappa shape index (κ2) is 5.47. The quantitative estimate of drug-likeness (QED) is 0.526. The van der Waals surface area contributed by atoms with E-state index < -0.39 is 0 Å². The standard InChI is InChI=1S/C20H14ClN3O2/c1-26-12-4-2-10-6-16-18(23-24-19(16)13(10)8-12)9-15-14-7-11(21)3-5-17(14)22-20(15)25/h2-5,7-9H,6H2,1H3,(H,22,25)(H,23,24)/b15-9-. The number of carbonyl (C=O) groups excluding carboxylic acids is 1. The van der Waals surface area contributed by atoms with Gasteiger partial charge in [0, 0.05) is 33.8 Å². The smallest absolute Gasteiger partial charge is 0.256 e. The van der Waals surface area contributed by atoms with Crippen LogP contribution >= 0.6 is 11.6 Å². The predicted molar refractivity (Wildman–Crippen MR) is 101 cm³/mol. The average molecular weight is 364 g/mol. The van der Waals surface area contributed by atoms with E-state index in [0.717, 1.165) is 45.9 Å². The van der Waals surface area contributed by atoms with E-state index in [9.17, 15) is 4.79 Å². The third-order valence-corrected chi connectivity index (χ3v) is 5.13. The number of H-pyrrole nitrogens is 1. The third kappa shape index (κ3) is 2.17. The summed E-state index contributed by atoms with van der Waals surface area (Å²) in [6.07, 6.45) is 2.63. The highest BCUT2D eigenvalue weighted by atomic mass is 35.5. The molecule has 1 aromatic heterocycles. The Labute approximate surface area is 154 Å². The molecule has 0 unspecified atom stereocenters. The molecule has 0 radical (unpaired) electrons. The summed E-state index contributed by atoms with van der Waals surface area (Å²) in [6, 6.07) is 11.4. The number of benzene rings is 2. The number of halogens is 1. The summed E-state index contributed by atoms with van der Waals surface area (Å²) in [4.78, 5) is 12.4. The summed E-state index contributed by atoms with van der Waals surface area (Å²) in [5.74, 6) is 0.668. The van der Waals surface area contributed by atoms with Crippen LogP contribution in [0.4, 0.5) is 5.69 Å². The summed E-state index contributed by atoms with van der Waals surface area (Å²) >= 11 is 6.10. The van der Waals surface area contributed by atoms with Gasteiger partial charge in [0.1, 0.15) is 5.75 Å². The number of aromatic amines is 1. The number of methoxy groups -OCH3 is 1. The van der Waals surface area contributed by atoms with Gasteiger partial charge in [-0.25, -0.2) is 0 Å². The van der Waals surface area contributed by atoms with Gasteiger partial charge in [-0.3, -0.25) is 9.89 Å². The van der Waals surface area contributed by atoms with Gasteiger partial charge in [0.05, 0.1) is 24.1 Å². The molecule has 1 aliphatic carbocycles. The molecular formula is C20H14ClN3O2. The van der Waals surface area contributed by atoms with E-state index in [-0.39, 0.29) is 5.91 Å². The van der Waals surface area contributed by atoms with Crippen LogP contribution in [0.15, 0.2) is 36.4 Å². The van der Waals surface area contributed by atoms with Crippen molar-refractivity contribution in [2.24, 2.45) is 0 Å². The molecule has 128 valence electrons. The van der Waals surface area contributed by atoms with Gasteiger partial charge in [0.15, 0.2) is 0 Å². The number of hydrogen-bond donors (Lipinski definition) is 2. The molecule has 2 aromatic carbocycles. The molecule has 6 heteroatoms. The summed E-state index contributed by atoms with van der Waals surface area (Å²) in [5.41, 5.74) is 7.28. The van der Waals surface area contributed by atoms with Crippen molar-refractivity contribution in [1.82, 2.24) is 10.2 Å². The minimum absolute atomic E-state index is 0.136. The van der Waals surface area contributed by atoms with Gasteiger partial charge in [-0.1, -0.05) is 17.7 Å². The molecule has 2 aliphatic rings. The minimum atomic E-state index is -0.136. The number of rotatable bonds is 2. The Morgan fingerprint density at radius 2 is 2.08 bits per heavy atom. The molecule has 2 heterocycles. The largest absolute Gasteiger partial charge is 0.497 e. The fourth-order valence-corrected chi connectivity index (χ4v) is 3.77. The van der Waals surface area contributed by atoms with Gasteiger partial charge < -0.3 is 10.1 Å². The van der Waals surface area contributed by atoms with Crippen molar-refractivity contribution in [3.05, 3.63) is 63.8 Å². The molecule has 26 heavy (non-hydrogen) atoms. The number of ether oxygens (including phenoxy) is 1. The van der Waals surface area contributed by atoms with Crippen LogP contribution in [0.5, 0.6) is 5.75 Å². The van der Waals surface area contributed by atoms with Crippen molar-refractivity contribution < 1.29 is 9.53 Å². The van der Waals surface area contributed by atoms with Crippen molar-refractivity contribution >= 4 is 34.8 Å². The van der Waals surface area contributed by atoms with Gasteiger partial charge in [-0.05, 0) is 42.0 Å². The van der Waals surface area contributed by atoms with Crippen LogP contribution in [0, 0.1) is 0 Å². The van der Waals surface area contributed by atoms with Gasteiger partial charge in [-0.15, -0.1) is 0 Å². The van der Waals surface area contributed by atoms with Crippen LogP contribution in [0.25, 0.3) is 22.9 Å². The summed E-state index contributed by atoms with van der Waals surface area (Å²) in [7, 11) is 1.65. The number of fused-ring (bicyclic) bond motifs is 4. The molecule has 2 N–H and O–H groups in total. The molecule has 5 nitrogen and oxygen atoms in total. The summed E-state index contributed by atoms with van der Waals surface area (Å²) in [5, 5.41) is 11.0. The Hall–Kier alpha value is -3.05. The highest BCUT2D eigenvalue weighted by Gasteiger charge is 2.28. The van der Waals surface area contributed by atoms with E-state index in [1.165, 1.54) is 5.56 Å². The van der Waals surface area contributed by atoms with Gasteiger partial charge >= 0.3 is 0 Å². The Bertz CT molecular complexity index is 1110. The Morgan fingerprint density at radius 1 is 1.19 bits per heavy atom. The second-order valence-corrected chi connectivity index (χ2v) is 6.80. The number of carbonyl (C=O) groups is 1. The Balaban J connectivity index is 1.60.